The van der Waals surface area contributed by atoms with Gasteiger partial charge in [-0.2, -0.15) is 0 Å². The Kier molecular flexibility index (Phi) is 10.6. The lowest BCUT2D eigenvalue weighted by molar-refractivity contribution is -0.141. The number of fused-ring (bicyclic) bond motifs is 2. The van der Waals surface area contributed by atoms with E-state index in [0.717, 1.165) is 79.2 Å². The highest BCUT2D eigenvalue weighted by molar-refractivity contribution is 5.92. The van der Waals surface area contributed by atoms with Crippen LogP contribution in [0.2, 0.25) is 0 Å². The van der Waals surface area contributed by atoms with E-state index in [2.05, 4.69) is 17.1 Å². The van der Waals surface area contributed by atoms with E-state index in [-0.39, 0.29) is 24.5 Å². The summed E-state index contributed by atoms with van der Waals surface area (Å²) >= 11 is 0. The molecule has 12 nitrogen and oxygen atoms in total. The lowest BCUT2D eigenvalue weighted by atomic mass is 9.85. The van der Waals surface area contributed by atoms with Gasteiger partial charge in [-0.05, 0) is 75.0 Å². The molecule has 3 N–H and O–H groups in total. The van der Waals surface area contributed by atoms with Crippen molar-refractivity contribution in [2.45, 2.75) is 98.4 Å². The Bertz CT molecular complexity index is 1680. The Balaban J connectivity index is 1.19. The summed E-state index contributed by atoms with van der Waals surface area (Å²) in [5.41, 5.74) is 8.95. The van der Waals surface area contributed by atoms with Crippen LogP contribution >= 0.6 is 0 Å². The molecule has 3 amide bonds. The molecule has 6 rings (SSSR count). The van der Waals surface area contributed by atoms with Gasteiger partial charge in [-0.1, -0.05) is 33.3 Å². The predicted molar refractivity (Wildman–Crippen MR) is 194 cm³/mol. The van der Waals surface area contributed by atoms with Gasteiger partial charge in [0.15, 0.2) is 0 Å². The topological polar surface area (TPSA) is 146 Å². The molecule has 0 spiro atoms. The quantitative estimate of drug-likeness (QED) is 0.336. The molecular formula is C39H55N5O7. The van der Waals surface area contributed by atoms with E-state index in [0.29, 0.717) is 18.3 Å². The van der Waals surface area contributed by atoms with Gasteiger partial charge in [0.05, 0.1) is 31.0 Å². The van der Waals surface area contributed by atoms with Gasteiger partial charge in [0.2, 0.25) is 11.8 Å². The molecule has 6 atom stereocenters. The first-order valence-electron chi connectivity index (χ1n) is 18.4. The lowest BCUT2D eigenvalue weighted by Gasteiger charge is -2.35. The van der Waals surface area contributed by atoms with Crippen molar-refractivity contribution >= 4 is 34.9 Å². The number of likely N-dealkylation sites (tertiary alicyclic amines) is 1. The van der Waals surface area contributed by atoms with Crippen LogP contribution in [-0.4, -0.2) is 103 Å². The van der Waals surface area contributed by atoms with Gasteiger partial charge in [0, 0.05) is 43.1 Å². The number of aromatic nitrogens is 1. The number of hydrogen-bond donors (Lipinski definition) is 2. The van der Waals surface area contributed by atoms with Crippen molar-refractivity contribution < 1.29 is 33.3 Å². The Morgan fingerprint density at radius 2 is 1.86 bits per heavy atom. The Morgan fingerprint density at radius 3 is 2.51 bits per heavy atom. The van der Waals surface area contributed by atoms with Gasteiger partial charge in [-0.3, -0.25) is 14.5 Å². The number of nitrogens with two attached hydrogens (primary N) is 1. The molecule has 1 aromatic heterocycles. The molecular weight excluding hydrogens is 650 g/mol. The average Bonchev–Trinajstić information content (AvgIpc) is 3.34. The molecule has 0 radical (unpaired) electrons. The Labute approximate surface area is 301 Å². The monoisotopic (exact) mass is 705 g/mol. The van der Waals surface area contributed by atoms with Crippen LogP contribution in [0.25, 0.3) is 17.0 Å². The van der Waals surface area contributed by atoms with Crippen molar-refractivity contribution in [1.82, 2.24) is 20.1 Å². The number of carbonyl (C=O) groups excluding carboxylic acids is 3. The fourth-order valence-electron chi connectivity index (χ4n) is 7.96. The third-order valence-corrected chi connectivity index (χ3v) is 11.0. The van der Waals surface area contributed by atoms with Crippen molar-refractivity contribution in [3.05, 3.63) is 35.0 Å². The summed E-state index contributed by atoms with van der Waals surface area (Å²) in [6.45, 7) is 18.6. The van der Waals surface area contributed by atoms with Crippen molar-refractivity contribution in [1.29, 1.82) is 0 Å². The molecule has 278 valence electrons. The number of pyridine rings is 1. The van der Waals surface area contributed by atoms with Gasteiger partial charge in [0.25, 0.3) is 0 Å². The van der Waals surface area contributed by atoms with Crippen LogP contribution in [0.15, 0.2) is 23.8 Å². The highest BCUT2D eigenvalue weighted by Crippen LogP contribution is 2.63. The van der Waals surface area contributed by atoms with E-state index >= 15 is 0 Å². The number of rotatable bonds is 11. The number of primary amides is 1. The van der Waals surface area contributed by atoms with Crippen molar-refractivity contribution in [3.63, 3.8) is 0 Å². The smallest absolute Gasteiger partial charge is 0.408 e. The summed E-state index contributed by atoms with van der Waals surface area (Å²) in [6, 6.07) is 3.94. The highest BCUT2D eigenvalue weighted by Gasteiger charge is 2.57. The fourth-order valence-corrected chi connectivity index (χ4v) is 7.96. The number of morpholine rings is 1. The second-order valence-electron chi connectivity index (χ2n) is 16.5. The highest BCUT2D eigenvalue weighted by atomic mass is 16.6. The molecule has 2 unspecified atom stereocenters. The zero-order chi connectivity index (χ0) is 36.7. The minimum atomic E-state index is -0.938. The maximum atomic E-state index is 14.2. The summed E-state index contributed by atoms with van der Waals surface area (Å²) in [6.07, 6.45) is 3.79. The molecule has 12 heteroatoms. The molecule has 1 aromatic carbocycles. The number of allylic oxidation sites excluding steroid dienone is 1. The SMILES string of the molecule is CC(C)=Cc1cc(OC2C[C@@H](C(N)=O)N(C(=O)[C@@H](NC(=O)O[C@H]3CC4C[C@@]4(C)C3)C(C)(C)C)C2)c2ccc(OCCN3CCOCC3)c(C)c2n1. The van der Waals surface area contributed by atoms with Crippen LogP contribution in [0.5, 0.6) is 11.5 Å². The minimum absolute atomic E-state index is 0.127. The first-order valence-corrected chi connectivity index (χ1v) is 18.4. The van der Waals surface area contributed by atoms with Crippen molar-refractivity contribution in [3.8, 4) is 11.5 Å². The van der Waals surface area contributed by atoms with Crippen LogP contribution < -0.4 is 20.5 Å². The summed E-state index contributed by atoms with van der Waals surface area (Å²) in [4.78, 5) is 48.8. The summed E-state index contributed by atoms with van der Waals surface area (Å²) < 4.78 is 24.1. The minimum Gasteiger partial charge on any atom is -0.492 e. The molecule has 2 saturated carbocycles. The van der Waals surface area contributed by atoms with Crippen LogP contribution in [0, 0.1) is 23.7 Å². The van der Waals surface area contributed by atoms with Gasteiger partial charge in [0.1, 0.15) is 42.4 Å². The Morgan fingerprint density at radius 1 is 1.12 bits per heavy atom. The lowest BCUT2D eigenvalue weighted by Crippen LogP contribution is -2.57. The average molecular weight is 706 g/mol. The summed E-state index contributed by atoms with van der Waals surface area (Å²) in [5, 5.41) is 3.64. The van der Waals surface area contributed by atoms with Crippen LogP contribution in [0.4, 0.5) is 4.79 Å². The molecule has 4 aliphatic rings. The van der Waals surface area contributed by atoms with E-state index in [1.165, 1.54) is 11.3 Å². The standard InChI is InChI=1S/C39H55N5O7/c1-23(2)16-26-18-32(29-8-9-31(24(3)33(29)41-26)49-15-12-43-10-13-48-14-11-43)50-28-19-30(35(40)45)44(22-28)36(46)34(38(4,5)6)42-37(47)51-27-17-25-20-39(25,7)21-27/h8-9,16,18,25,27-28,30,34H,10-15,17,19-22H2,1-7H3,(H2,40,45)(H,42,47)/t25?,27-,28?,30-,34+,39-/m0/s1. The summed E-state index contributed by atoms with van der Waals surface area (Å²) in [7, 11) is 0. The predicted octanol–water partition coefficient (Wildman–Crippen LogP) is 4.84. The molecule has 2 aromatic rings. The second-order valence-corrected chi connectivity index (χ2v) is 16.5. The maximum absolute atomic E-state index is 14.2. The zero-order valence-corrected chi connectivity index (χ0v) is 31.3. The number of ether oxygens (including phenoxy) is 4. The molecule has 2 aliphatic carbocycles. The van der Waals surface area contributed by atoms with Crippen LogP contribution in [-0.2, 0) is 19.1 Å². The third-order valence-electron chi connectivity index (χ3n) is 11.0. The van der Waals surface area contributed by atoms with E-state index < -0.39 is 41.5 Å². The molecule has 2 saturated heterocycles. The fraction of sp³-hybridized carbons (Fsp3) is 0.641. The largest absolute Gasteiger partial charge is 0.492 e. The van der Waals surface area contributed by atoms with E-state index in [4.69, 9.17) is 29.7 Å². The van der Waals surface area contributed by atoms with Gasteiger partial charge >= 0.3 is 6.09 Å². The van der Waals surface area contributed by atoms with Crippen LogP contribution in [0.3, 0.4) is 0 Å². The van der Waals surface area contributed by atoms with E-state index in [1.54, 1.807) is 0 Å². The zero-order valence-electron chi connectivity index (χ0n) is 31.3. The normalized spacial score (nSPS) is 26.7. The maximum Gasteiger partial charge on any atom is 0.408 e. The van der Waals surface area contributed by atoms with E-state index in [1.807, 2.05) is 65.8 Å². The molecule has 3 heterocycles. The number of benzene rings is 1. The first-order chi connectivity index (χ1) is 24.1. The number of alkyl carbamates (subject to hydrolysis) is 1. The van der Waals surface area contributed by atoms with Crippen molar-refractivity contribution in [2.75, 3.05) is 46.0 Å². The Hall–Kier alpha value is -3.90. The number of nitrogens with zero attached hydrogens (tertiary/aromatic N) is 3. The molecule has 4 fully saturated rings. The number of amides is 3. The number of carbonyl (C=O) groups is 3. The second kappa shape index (κ2) is 14.6. The number of hydrogen-bond acceptors (Lipinski definition) is 9. The van der Waals surface area contributed by atoms with Crippen LogP contribution in [0.1, 0.15) is 78.5 Å². The molecule has 51 heavy (non-hydrogen) atoms. The number of nitrogens with one attached hydrogen (secondary N) is 1. The number of aryl methyl sites for hydroxylation is 1. The summed E-state index contributed by atoms with van der Waals surface area (Å²) in [5.74, 6) is 0.940. The van der Waals surface area contributed by atoms with Crippen molar-refractivity contribution in [2.24, 2.45) is 22.5 Å². The van der Waals surface area contributed by atoms with Gasteiger partial charge in [-0.15, -0.1) is 0 Å². The molecule has 2 aliphatic heterocycles. The van der Waals surface area contributed by atoms with Gasteiger partial charge < -0.3 is 34.9 Å². The first kappa shape index (κ1) is 36.9. The third kappa shape index (κ3) is 8.43. The van der Waals surface area contributed by atoms with E-state index in [9.17, 15) is 14.4 Å². The molecule has 0 bridgehead atoms. The van der Waals surface area contributed by atoms with Gasteiger partial charge in [-0.25, -0.2) is 9.78 Å².